The summed E-state index contributed by atoms with van der Waals surface area (Å²) >= 11 is 0. The molecule has 0 N–H and O–H groups in total. The quantitative estimate of drug-likeness (QED) is 0.513. The van der Waals surface area contributed by atoms with E-state index in [2.05, 4.69) is 6.07 Å². The number of hydrogen-bond acceptors (Lipinski definition) is 3. The van der Waals surface area contributed by atoms with Gasteiger partial charge in [0.1, 0.15) is 0 Å². The summed E-state index contributed by atoms with van der Waals surface area (Å²) in [6, 6.07) is 2.16. The average Bonchev–Trinajstić information content (AvgIpc) is 2.29. The normalized spacial score (nSPS) is 15.1. The first kappa shape index (κ1) is 14.7. The lowest BCUT2D eigenvalue weighted by Crippen LogP contribution is -2.33. The van der Waals surface area contributed by atoms with Crippen LogP contribution in [0.25, 0.3) is 0 Å². The zero-order valence-corrected chi connectivity index (χ0v) is 10.7. The minimum absolute atomic E-state index is 0.312. The molecule has 0 rings (SSSR count). The maximum atomic E-state index is 12.0. The van der Waals surface area contributed by atoms with Gasteiger partial charge in [-0.05, 0) is 32.3 Å². The largest absolute Gasteiger partial charge is 0.465 e. The van der Waals surface area contributed by atoms with Crippen LogP contribution < -0.4 is 0 Å². The Morgan fingerprint density at radius 1 is 1.44 bits per heavy atom. The van der Waals surface area contributed by atoms with Crippen molar-refractivity contribution in [3.63, 3.8) is 0 Å². The average molecular weight is 223 g/mol. The number of hydrogen-bond donors (Lipinski definition) is 0. The third-order valence-corrected chi connectivity index (χ3v) is 2.72. The second kappa shape index (κ2) is 7.05. The fourth-order valence-electron chi connectivity index (χ4n) is 1.95. The van der Waals surface area contributed by atoms with Crippen LogP contribution >= 0.6 is 0 Å². The first-order valence-electron chi connectivity index (χ1n) is 5.86. The lowest BCUT2D eigenvalue weighted by Gasteiger charge is -2.26. The zero-order chi connectivity index (χ0) is 12.6. The van der Waals surface area contributed by atoms with Gasteiger partial charge in [0, 0.05) is 0 Å². The summed E-state index contributed by atoms with van der Waals surface area (Å²) in [5.41, 5.74) is -0.218. The Hall–Kier alpha value is -1.30. The molecule has 0 bridgehead atoms. The highest BCUT2D eigenvalue weighted by molar-refractivity contribution is 5.84. The van der Waals surface area contributed by atoms with Gasteiger partial charge >= 0.3 is 5.97 Å². The topological polar surface area (TPSA) is 50.1 Å². The van der Waals surface area contributed by atoms with Crippen molar-refractivity contribution in [2.75, 3.05) is 6.61 Å². The van der Waals surface area contributed by atoms with Gasteiger partial charge in [0.2, 0.25) is 0 Å². The molecule has 0 saturated carbocycles. The number of allylic oxidation sites excluding steroid dienone is 1. The van der Waals surface area contributed by atoms with Crippen LogP contribution in [-0.2, 0) is 9.53 Å². The standard InChI is InChI=1S/C13H21NO2/c1-5-9-13(10-14,11(6-2)7-3)12(15)16-8-4/h6H,5,7-9H2,1-4H3. The van der Waals surface area contributed by atoms with E-state index >= 15 is 0 Å². The summed E-state index contributed by atoms with van der Waals surface area (Å²) in [5.74, 6) is -0.408. The number of carbonyl (C=O) groups is 1. The highest BCUT2D eigenvalue weighted by Crippen LogP contribution is 2.35. The molecule has 3 heteroatoms. The van der Waals surface area contributed by atoms with Gasteiger partial charge in [-0.2, -0.15) is 5.26 Å². The van der Waals surface area contributed by atoms with E-state index in [1.807, 2.05) is 26.8 Å². The monoisotopic (exact) mass is 223 g/mol. The molecule has 3 nitrogen and oxygen atoms in total. The highest BCUT2D eigenvalue weighted by Gasteiger charge is 2.42. The van der Waals surface area contributed by atoms with Crippen molar-refractivity contribution in [3.05, 3.63) is 11.6 Å². The van der Waals surface area contributed by atoms with Crippen LogP contribution in [0.5, 0.6) is 0 Å². The van der Waals surface area contributed by atoms with Crippen LogP contribution in [0.2, 0.25) is 0 Å². The molecular formula is C13H21NO2. The summed E-state index contributed by atoms with van der Waals surface area (Å²) in [5, 5.41) is 9.35. The first-order chi connectivity index (χ1) is 7.62. The van der Waals surface area contributed by atoms with Crippen LogP contribution in [0.15, 0.2) is 11.6 Å². The number of nitrogens with zero attached hydrogens (tertiary/aromatic N) is 1. The minimum Gasteiger partial charge on any atom is -0.465 e. The SMILES string of the molecule is CC=C(CC)C(C#N)(CCC)C(=O)OCC. The van der Waals surface area contributed by atoms with Crippen molar-refractivity contribution in [1.29, 1.82) is 5.26 Å². The molecular weight excluding hydrogens is 202 g/mol. The van der Waals surface area contributed by atoms with Gasteiger partial charge < -0.3 is 4.74 Å². The molecule has 1 atom stereocenters. The predicted octanol–water partition coefficient (Wildman–Crippen LogP) is 3.22. The van der Waals surface area contributed by atoms with Gasteiger partial charge in [-0.15, -0.1) is 0 Å². The number of carbonyl (C=O) groups excluding carboxylic acids is 1. The summed E-state index contributed by atoms with van der Waals surface area (Å²) in [4.78, 5) is 12.0. The molecule has 0 spiro atoms. The maximum absolute atomic E-state index is 12.0. The lowest BCUT2D eigenvalue weighted by atomic mass is 9.76. The second-order valence-electron chi connectivity index (χ2n) is 3.66. The van der Waals surface area contributed by atoms with Crippen LogP contribution in [0.3, 0.4) is 0 Å². The van der Waals surface area contributed by atoms with Crippen molar-refractivity contribution in [3.8, 4) is 6.07 Å². The van der Waals surface area contributed by atoms with E-state index in [0.29, 0.717) is 19.4 Å². The molecule has 90 valence electrons. The molecule has 0 aliphatic heterocycles. The van der Waals surface area contributed by atoms with Gasteiger partial charge in [-0.25, -0.2) is 4.79 Å². The Morgan fingerprint density at radius 3 is 2.38 bits per heavy atom. The van der Waals surface area contributed by atoms with Crippen LogP contribution in [0.4, 0.5) is 0 Å². The number of rotatable bonds is 6. The lowest BCUT2D eigenvalue weighted by molar-refractivity contribution is -0.150. The van der Waals surface area contributed by atoms with Crippen molar-refractivity contribution in [1.82, 2.24) is 0 Å². The van der Waals surface area contributed by atoms with Crippen LogP contribution in [0, 0.1) is 16.7 Å². The molecule has 0 radical (unpaired) electrons. The molecule has 0 amide bonds. The van der Waals surface area contributed by atoms with E-state index in [1.54, 1.807) is 6.92 Å². The van der Waals surface area contributed by atoms with E-state index in [4.69, 9.17) is 4.74 Å². The molecule has 0 aromatic carbocycles. The maximum Gasteiger partial charge on any atom is 0.330 e. The summed E-state index contributed by atoms with van der Waals surface area (Å²) in [6.45, 7) is 7.85. The fraction of sp³-hybridized carbons (Fsp3) is 0.692. The molecule has 0 aliphatic carbocycles. The summed E-state index contributed by atoms with van der Waals surface area (Å²) in [6.07, 6.45) is 3.86. The van der Waals surface area contributed by atoms with Gasteiger partial charge in [-0.1, -0.05) is 26.3 Å². The molecule has 0 aliphatic rings. The Morgan fingerprint density at radius 2 is 2.06 bits per heavy atom. The Balaban J connectivity index is 5.32. The van der Waals surface area contributed by atoms with E-state index in [0.717, 1.165) is 12.0 Å². The molecule has 0 aromatic rings. The van der Waals surface area contributed by atoms with E-state index in [1.165, 1.54) is 0 Å². The third kappa shape index (κ3) is 2.85. The van der Waals surface area contributed by atoms with Crippen LogP contribution in [-0.4, -0.2) is 12.6 Å². The molecule has 1 unspecified atom stereocenters. The minimum atomic E-state index is -1.08. The Bertz CT molecular complexity index is 302. The smallest absolute Gasteiger partial charge is 0.330 e. The van der Waals surface area contributed by atoms with Crippen molar-refractivity contribution in [2.45, 2.75) is 47.0 Å². The third-order valence-electron chi connectivity index (χ3n) is 2.72. The Labute approximate surface area is 98.1 Å². The van der Waals surface area contributed by atoms with Crippen LogP contribution in [0.1, 0.15) is 47.0 Å². The summed E-state index contributed by atoms with van der Waals surface area (Å²) in [7, 11) is 0. The molecule has 0 heterocycles. The predicted molar refractivity (Wildman–Crippen MR) is 63.6 cm³/mol. The number of nitriles is 1. The van der Waals surface area contributed by atoms with Crippen molar-refractivity contribution in [2.24, 2.45) is 5.41 Å². The van der Waals surface area contributed by atoms with Gasteiger partial charge in [0.05, 0.1) is 12.7 Å². The van der Waals surface area contributed by atoms with E-state index in [9.17, 15) is 10.1 Å². The van der Waals surface area contributed by atoms with Gasteiger partial charge in [-0.3, -0.25) is 0 Å². The first-order valence-corrected chi connectivity index (χ1v) is 5.86. The molecule has 0 saturated heterocycles. The molecule has 0 fully saturated rings. The number of ether oxygens (including phenoxy) is 1. The number of esters is 1. The second-order valence-corrected chi connectivity index (χ2v) is 3.66. The molecule has 16 heavy (non-hydrogen) atoms. The van der Waals surface area contributed by atoms with Crippen molar-refractivity contribution >= 4 is 5.97 Å². The van der Waals surface area contributed by atoms with E-state index < -0.39 is 11.4 Å². The van der Waals surface area contributed by atoms with E-state index in [-0.39, 0.29) is 0 Å². The fourth-order valence-corrected chi connectivity index (χ4v) is 1.95. The van der Waals surface area contributed by atoms with Gasteiger partial charge in [0.25, 0.3) is 0 Å². The Kier molecular flexibility index (Phi) is 6.48. The summed E-state index contributed by atoms with van der Waals surface area (Å²) < 4.78 is 5.03. The zero-order valence-electron chi connectivity index (χ0n) is 10.7. The van der Waals surface area contributed by atoms with Gasteiger partial charge in [0.15, 0.2) is 5.41 Å². The molecule has 0 aromatic heterocycles. The van der Waals surface area contributed by atoms with Crippen molar-refractivity contribution < 1.29 is 9.53 Å². The highest BCUT2D eigenvalue weighted by atomic mass is 16.5.